The summed E-state index contributed by atoms with van der Waals surface area (Å²) in [6.45, 7) is 2.47. The maximum atomic E-state index is 12.3. The Morgan fingerprint density at radius 3 is 2.56 bits per heavy atom. The molecule has 0 radical (unpaired) electrons. The van der Waals surface area contributed by atoms with Gasteiger partial charge in [-0.2, -0.15) is 0 Å². The molecular formula is C12H14F3NO2. The maximum absolute atomic E-state index is 12.3. The Morgan fingerprint density at radius 1 is 1.33 bits per heavy atom. The molecule has 0 amide bonds. The van der Waals surface area contributed by atoms with E-state index in [1.807, 2.05) is 0 Å². The predicted octanol–water partition coefficient (Wildman–Crippen LogP) is 2.55. The Kier molecular flexibility index (Phi) is 3.14. The summed E-state index contributed by atoms with van der Waals surface area (Å²) in [5.41, 5.74) is -0.515. The molecule has 0 aromatic heterocycles. The largest absolute Gasteiger partial charge is 0.573 e. The molecule has 1 atom stereocenters. The third-order valence-electron chi connectivity index (χ3n) is 2.88. The predicted molar refractivity (Wildman–Crippen MR) is 60.6 cm³/mol. The van der Waals surface area contributed by atoms with E-state index in [0.717, 1.165) is 0 Å². The highest BCUT2D eigenvalue weighted by Gasteiger charge is 2.36. The van der Waals surface area contributed by atoms with Gasteiger partial charge in [0.2, 0.25) is 0 Å². The van der Waals surface area contributed by atoms with Crippen LogP contribution in [0.1, 0.15) is 13.3 Å². The Hall–Kier alpha value is -1.43. The fourth-order valence-corrected chi connectivity index (χ4v) is 2.08. The lowest BCUT2D eigenvalue weighted by molar-refractivity contribution is -0.274. The Labute approximate surface area is 103 Å². The minimum Gasteiger partial charge on any atom is -0.404 e. The zero-order valence-corrected chi connectivity index (χ0v) is 9.87. The molecule has 0 bridgehead atoms. The molecule has 0 saturated carbocycles. The van der Waals surface area contributed by atoms with Crippen molar-refractivity contribution in [3.8, 4) is 5.75 Å². The number of nitrogens with zero attached hydrogens (tertiary/aromatic N) is 1. The molecule has 1 saturated heterocycles. The molecule has 3 nitrogen and oxygen atoms in total. The van der Waals surface area contributed by atoms with Crippen LogP contribution in [-0.2, 0) is 0 Å². The molecule has 1 aromatic carbocycles. The summed E-state index contributed by atoms with van der Waals surface area (Å²) in [6, 6.07) is 5.96. The lowest BCUT2D eigenvalue weighted by Gasteiger charge is -2.23. The Bertz CT molecular complexity index is 432. The van der Waals surface area contributed by atoms with Gasteiger partial charge in [-0.3, -0.25) is 0 Å². The monoisotopic (exact) mass is 261 g/mol. The van der Waals surface area contributed by atoms with E-state index in [9.17, 15) is 18.3 Å². The van der Waals surface area contributed by atoms with Crippen molar-refractivity contribution < 1.29 is 23.0 Å². The quantitative estimate of drug-likeness (QED) is 0.888. The number of hydrogen-bond donors (Lipinski definition) is 1. The number of hydrogen-bond acceptors (Lipinski definition) is 3. The van der Waals surface area contributed by atoms with E-state index in [4.69, 9.17) is 0 Å². The van der Waals surface area contributed by atoms with Crippen LogP contribution in [0.2, 0.25) is 0 Å². The van der Waals surface area contributed by atoms with Gasteiger partial charge in [0, 0.05) is 13.1 Å². The van der Waals surface area contributed by atoms with Gasteiger partial charge in [-0.25, -0.2) is 0 Å². The molecule has 6 heteroatoms. The lowest BCUT2D eigenvalue weighted by atomic mass is 10.1. The van der Waals surface area contributed by atoms with Crippen LogP contribution in [0.15, 0.2) is 24.3 Å². The van der Waals surface area contributed by atoms with Crippen molar-refractivity contribution in [2.24, 2.45) is 0 Å². The molecule has 0 spiro atoms. The van der Waals surface area contributed by atoms with Gasteiger partial charge in [-0.05, 0) is 25.5 Å². The second-order valence-corrected chi connectivity index (χ2v) is 4.68. The van der Waals surface area contributed by atoms with Crippen molar-refractivity contribution in [2.75, 3.05) is 18.0 Å². The standard InChI is InChI=1S/C12H14F3NO2/c1-11(17)6-7-16(8-11)9-4-2-3-5-10(9)18-12(13,14)15/h2-5,17H,6-8H2,1H3/t11-/m0/s1. The van der Waals surface area contributed by atoms with Crippen LogP contribution in [0.25, 0.3) is 0 Å². The highest BCUT2D eigenvalue weighted by molar-refractivity contribution is 5.59. The van der Waals surface area contributed by atoms with E-state index in [0.29, 0.717) is 25.2 Å². The first kappa shape index (κ1) is 13.0. The molecule has 1 fully saturated rings. The topological polar surface area (TPSA) is 32.7 Å². The van der Waals surface area contributed by atoms with Gasteiger partial charge >= 0.3 is 6.36 Å². The number of alkyl halides is 3. The van der Waals surface area contributed by atoms with Crippen LogP contribution >= 0.6 is 0 Å². The summed E-state index contributed by atoms with van der Waals surface area (Å²) in [7, 11) is 0. The summed E-state index contributed by atoms with van der Waals surface area (Å²) in [5.74, 6) is -0.234. The molecule has 1 aromatic rings. The highest BCUT2D eigenvalue weighted by atomic mass is 19.4. The van der Waals surface area contributed by atoms with Crippen molar-refractivity contribution in [2.45, 2.75) is 25.3 Å². The van der Waals surface area contributed by atoms with Gasteiger partial charge < -0.3 is 14.7 Å². The normalized spacial score (nSPS) is 24.4. The van der Waals surface area contributed by atoms with Crippen LogP contribution in [0.4, 0.5) is 18.9 Å². The highest BCUT2D eigenvalue weighted by Crippen LogP contribution is 2.36. The number of para-hydroxylation sites is 2. The van der Waals surface area contributed by atoms with E-state index < -0.39 is 12.0 Å². The first-order valence-corrected chi connectivity index (χ1v) is 5.59. The van der Waals surface area contributed by atoms with E-state index in [-0.39, 0.29) is 5.75 Å². The molecule has 1 aliphatic heterocycles. The van der Waals surface area contributed by atoms with Crippen LogP contribution in [0.3, 0.4) is 0 Å². The number of rotatable bonds is 2. The fraction of sp³-hybridized carbons (Fsp3) is 0.500. The van der Waals surface area contributed by atoms with Gasteiger partial charge in [0.05, 0.1) is 11.3 Å². The first-order chi connectivity index (χ1) is 8.27. The third-order valence-corrected chi connectivity index (χ3v) is 2.88. The number of halogens is 3. The summed E-state index contributed by atoms with van der Waals surface area (Å²) in [5, 5.41) is 9.84. The smallest absolute Gasteiger partial charge is 0.404 e. The van der Waals surface area contributed by atoms with E-state index in [1.165, 1.54) is 12.1 Å². The van der Waals surface area contributed by atoms with E-state index in [1.54, 1.807) is 24.0 Å². The Balaban J connectivity index is 2.23. The van der Waals surface area contributed by atoms with Crippen LogP contribution < -0.4 is 9.64 Å². The molecule has 2 rings (SSSR count). The van der Waals surface area contributed by atoms with Crippen LogP contribution in [0, 0.1) is 0 Å². The average Bonchev–Trinajstić information content (AvgIpc) is 2.57. The van der Waals surface area contributed by atoms with Gasteiger partial charge in [-0.15, -0.1) is 13.2 Å². The third kappa shape index (κ3) is 3.07. The average molecular weight is 261 g/mol. The molecule has 1 N–H and O–H groups in total. The summed E-state index contributed by atoms with van der Waals surface area (Å²) < 4.78 is 40.8. The maximum Gasteiger partial charge on any atom is 0.573 e. The zero-order chi connectivity index (χ0) is 13.4. The number of benzene rings is 1. The molecule has 0 aliphatic carbocycles. The molecule has 100 valence electrons. The molecule has 1 aliphatic rings. The number of ether oxygens (including phenoxy) is 1. The zero-order valence-electron chi connectivity index (χ0n) is 9.87. The van der Waals surface area contributed by atoms with Crippen molar-refractivity contribution in [1.82, 2.24) is 0 Å². The van der Waals surface area contributed by atoms with Gasteiger partial charge in [-0.1, -0.05) is 12.1 Å². The summed E-state index contributed by atoms with van der Waals surface area (Å²) in [4.78, 5) is 1.70. The van der Waals surface area contributed by atoms with Gasteiger partial charge in [0.15, 0.2) is 5.75 Å². The van der Waals surface area contributed by atoms with E-state index in [2.05, 4.69) is 4.74 Å². The second kappa shape index (κ2) is 4.35. The van der Waals surface area contributed by atoms with Crippen LogP contribution in [0.5, 0.6) is 5.75 Å². The molecule has 1 heterocycles. The van der Waals surface area contributed by atoms with Crippen molar-refractivity contribution in [1.29, 1.82) is 0 Å². The number of aliphatic hydroxyl groups is 1. The molecule has 18 heavy (non-hydrogen) atoms. The molecular weight excluding hydrogens is 247 g/mol. The van der Waals surface area contributed by atoms with Crippen molar-refractivity contribution in [3.63, 3.8) is 0 Å². The number of anilines is 1. The lowest BCUT2D eigenvalue weighted by Crippen LogP contribution is -2.30. The second-order valence-electron chi connectivity index (χ2n) is 4.68. The van der Waals surface area contributed by atoms with Crippen molar-refractivity contribution >= 4 is 5.69 Å². The first-order valence-electron chi connectivity index (χ1n) is 5.59. The number of β-amino-alcohol motifs (C(OH)–C–C–N with tert-alkyl or cyclic N) is 1. The Morgan fingerprint density at radius 2 is 2.00 bits per heavy atom. The summed E-state index contributed by atoms with van der Waals surface area (Å²) in [6.07, 6.45) is -4.19. The van der Waals surface area contributed by atoms with E-state index >= 15 is 0 Å². The fourth-order valence-electron chi connectivity index (χ4n) is 2.08. The minimum absolute atomic E-state index is 0.234. The van der Waals surface area contributed by atoms with Crippen molar-refractivity contribution in [3.05, 3.63) is 24.3 Å². The summed E-state index contributed by atoms with van der Waals surface area (Å²) >= 11 is 0. The van der Waals surface area contributed by atoms with Gasteiger partial charge in [0.25, 0.3) is 0 Å². The minimum atomic E-state index is -4.71. The molecule has 0 unspecified atom stereocenters. The SMILES string of the molecule is C[C@]1(O)CCN(c2ccccc2OC(F)(F)F)C1. The van der Waals surface area contributed by atoms with Crippen LogP contribution in [-0.4, -0.2) is 30.2 Å². The van der Waals surface area contributed by atoms with Gasteiger partial charge in [0.1, 0.15) is 0 Å².